The smallest absolute Gasteiger partial charge is 0.0521 e. The molecule has 3 unspecified atom stereocenters. The first-order valence-corrected chi connectivity index (χ1v) is 8.49. The van der Waals surface area contributed by atoms with Gasteiger partial charge < -0.3 is 15.0 Å². The normalized spacial score (nSPS) is 34.7. The molecule has 2 aliphatic heterocycles. The minimum Gasteiger partial charge on any atom is -0.381 e. The van der Waals surface area contributed by atoms with Crippen LogP contribution in [-0.2, 0) is 4.74 Å². The van der Waals surface area contributed by atoms with E-state index in [-0.39, 0.29) is 0 Å². The number of thioether (sulfide) groups is 1. The van der Waals surface area contributed by atoms with Crippen molar-refractivity contribution in [3.05, 3.63) is 0 Å². The van der Waals surface area contributed by atoms with E-state index >= 15 is 0 Å². The average Bonchev–Trinajstić information content (AvgIpc) is 2.38. The predicted octanol–water partition coefficient (Wildman–Crippen LogP) is 1.83. The lowest BCUT2D eigenvalue weighted by Gasteiger charge is -2.38. The summed E-state index contributed by atoms with van der Waals surface area (Å²) in [6.07, 6.45) is 2.41. The van der Waals surface area contributed by atoms with Crippen molar-refractivity contribution in [2.75, 3.05) is 45.1 Å². The van der Waals surface area contributed by atoms with Gasteiger partial charge in [0.1, 0.15) is 0 Å². The van der Waals surface area contributed by atoms with Crippen LogP contribution < -0.4 is 5.32 Å². The van der Waals surface area contributed by atoms with Gasteiger partial charge in [-0.1, -0.05) is 13.8 Å². The van der Waals surface area contributed by atoms with Crippen LogP contribution in [0.3, 0.4) is 0 Å². The molecule has 2 fully saturated rings. The van der Waals surface area contributed by atoms with Crippen molar-refractivity contribution < 1.29 is 4.74 Å². The Hall–Kier alpha value is 0.230. The molecular formula is C14H28N2OS. The molecule has 0 aliphatic carbocycles. The minimum atomic E-state index is 0.670. The fourth-order valence-electron chi connectivity index (χ4n) is 2.96. The Morgan fingerprint density at radius 3 is 3.11 bits per heavy atom. The van der Waals surface area contributed by atoms with Gasteiger partial charge in [0.05, 0.1) is 6.61 Å². The van der Waals surface area contributed by atoms with Gasteiger partial charge in [0.15, 0.2) is 0 Å². The molecule has 0 amide bonds. The second-order valence-electron chi connectivity index (χ2n) is 5.63. The average molecular weight is 272 g/mol. The van der Waals surface area contributed by atoms with Gasteiger partial charge in [-0.3, -0.25) is 0 Å². The maximum Gasteiger partial charge on any atom is 0.0521 e. The summed E-state index contributed by atoms with van der Waals surface area (Å²) >= 11 is 2.11. The first-order chi connectivity index (χ1) is 8.79. The lowest BCUT2D eigenvalue weighted by Crippen LogP contribution is -2.50. The van der Waals surface area contributed by atoms with Gasteiger partial charge in [-0.2, -0.15) is 11.8 Å². The maximum atomic E-state index is 5.69. The molecule has 0 radical (unpaired) electrons. The Labute approximate surface area is 116 Å². The first-order valence-electron chi connectivity index (χ1n) is 7.44. The molecule has 0 aromatic heterocycles. The third kappa shape index (κ3) is 4.41. The Morgan fingerprint density at radius 1 is 1.44 bits per heavy atom. The first kappa shape index (κ1) is 14.6. The Bertz CT molecular complexity index is 240. The van der Waals surface area contributed by atoms with Crippen molar-refractivity contribution >= 4 is 11.8 Å². The molecule has 106 valence electrons. The molecule has 3 atom stereocenters. The van der Waals surface area contributed by atoms with Crippen LogP contribution >= 0.6 is 11.8 Å². The Kier molecular flexibility index (Phi) is 6.29. The van der Waals surface area contributed by atoms with Gasteiger partial charge in [-0.05, 0) is 19.4 Å². The minimum absolute atomic E-state index is 0.670. The molecule has 1 N–H and O–H groups in total. The molecule has 3 nitrogen and oxygen atoms in total. The third-order valence-corrected chi connectivity index (χ3v) is 5.08. The van der Waals surface area contributed by atoms with Gasteiger partial charge >= 0.3 is 0 Å². The largest absolute Gasteiger partial charge is 0.381 e. The van der Waals surface area contributed by atoms with Crippen molar-refractivity contribution in [3.8, 4) is 0 Å². The highest BCUT2D eigenvalue weighted by Gasteiger charge is 2.28. The van der Waals surface area contributed by atoms with Crippen molar-refractivity contribution in [1.29, 1.82) is 0 Å². The zero-order valence-electron chi connectivity index (χ0n) is 11.9. The van der Waals surface area contributed by atoms with E-state index in [0.29, 0.717) is 12.0 Å². The zero-order chi connectivity index (χ0) is 12.8. The SMILES string of the molecule is CCCNC1CCOCC1CN1CCSC(C)C1. The van der Waals surface area contributed by atoms with Crippen LogP contribution in [0.4, 0.5) is 0 Å². The monoisotopic (exact) mass is 272 g/mol. The van der Waals surface area contributed by atoms with Crippen LogP contribution in [0.2, 0.25) is 0 Å². The number of hydrogen-bond donors (Lipinski definition) is 1. The molecule has 2 aliphatic rings. The van der Waals surface area contributed by atoms with Gasteiger partial charge in [0.2, 0.25) is 0 Å². The van der Waals surface area contributed by atoms with E-state index in [1.807, 2.05) is 0 Å². The summed E-state index contributed by atoms with van der Waals surface area (Å²) in [7, 11) is 0. The summed E-state index contributed by atoms with van der Waals surface area (Å²) in [5.74, 6) is 1.97. The highest BCUT2D eigenvalue weighted by Crippen LogP contribution is 2.21. The van der Waals surface area contributed by atoms with E-state index in [1.165, 1.54) is 38.2 Å². The van der Waals surface area contributed by atoms with Crippen LogP contribution in [0.15, 0.2) is 0 Å². The number of nitrogens with one attached hydrogen (secondary N) is 1. The van der Waals surface area contributed by atoms with Crippen LogP contribution in [-0.4, -0.2) is 61.3 Å². The lowest BCUT2D eigenvalue weighted by molar-refractivity contribution is 0.0172. The lowest BCUT2D eigenvalue weighted by atomic mass is 9.94. The molecule has 0 spiro atoms. The van der Waals surface area contributed by atoms with Crippen molar-refractivity contribution in [1.82, 2.24) is 10.2 Å². The summed E-state index contributed by atoms with van der Waals surface area (Å²) in [4.78, 5) is 2.64. The molecule has 18 heavy (non-hydrogen) atoms. The molecule has 0 aromatic rings. The Morgan fingerprint density at radius 2 is 2.33 bits per heavy atom. The van der Waals surface area contributed by atoms with Crippen LogP contribution in [0.25, 0.3) is 0 Å². The van der Waals surface area contributed by atoms with E-state index in [2.05, 4.69) is 35.8 Å². The summed E-state index contributed by atoms with van der Waals surface area (Å²) in [5.41, 5.74) is 0. The van der Waals surface area contributed by atoms with Gasteiger partial charge in [0, 0.05) is 49.2 Å². The standard InChI is InChI=1S/C14H28N2OS/c1-3-5-15-14-4-7-17-11-13(14)10-16-6-8-18-12(2)9-16/h12-15H,3-11H2,1-2H3. The summed E-state index contributed by atoms with van der Waals surface area (Å²) < 4.78 is 5.69. The van der Waals surface area contributed by atoms with E-state index in [9.17, 15) is 0 Å². The highest BCUT2D eigenvalue weighted by molar-refractivity contribution is 7.99. The molecule has 0 aromatic carbocycles. The van der Waals surface area contributed by atoms with E-state index in [0.717, 1.165) is 25.0 Å². The molecule has 0 bridgehead atoms. The topological polar surface area (TPSA) is 24.5 Å². The second kappa shape index (κ2) is 7.73. The Balaban J connectivity index is 1.80. The quantitative estimate of drug-likeness (QED) is 0.825. The fraction of sp³-hybridized carbons (Fsp3) is 1.00. The van der Waals surface area contributed by atoms with Crippen LogP contribution in [0.1, 0.15) is 26.7 Å². The predicted molar refractivity (Wildman–Crippen MR) is 79.4 cm³/mol. The fourth-order valence-corrected chi connectivity index (χ4v) is 4.05. The number of rotatable bonds is 5. The van der Waals surface area contributed by atoms with Crippen molar-refractivity contribution in [2.24, 2.45) is 5.92 Å². The van der Waals surface area contributed by atoms with E-state index in [1.54, 1.807) is 0 Å². The highest BCUT2D eigenvalue weighted by atomic mass is 32.2. The van der Waals surface area contributed by atoms with E-state index < -0.39 is 0 Å². The van der Waals surface area contributed by atoms with Crippen molar-refractivity contribution in [3.63, 3.8) is 0 Å². The molecule has 2 rings (SSSR count). The van der Waals surface area contributed by atoms with Crippen LogP contribution in [0.5, 0.6) is 0 Å². The number of ether oxygens (including phenoxy) is 1. The summed E-state index contributed by atoms with van der Waals surface area (Å²) in [6.45, 7) is 11.3. The zero-order valence-corrected chi connectivity index (χ0v) is 12.7. The van der Waals surface area contributed by atoms with Gasteiger partial charge in [0.25, 0.3) is 0 Å². The van der Waals surface area contributed by atoms with Crippen molar-refractivity contribution in [2.45, 2.75) is 38.0 Å². The van der Waals surface area contributed by atoms with Crippen LogP contribution in [0, 0.1) is 5.92 Å². The summed E-state index contributed by atoms with van der Waals surface area (Å²) in [5, 5.41) is 4.51. The summed E-state index contributed by atoms with van der Waals surface area (Å²) in [6, 6.07) is 0.670. The third-order valence-electron chi connectivity index (χ3n) is 3.95. The molecule has 2 saturated heterocycles. The van der Waals surface area contributed by atoms with Gasteiger partial charge in [-0.25, -0.2) is 0 Å². The second-order valence-corrected chi connectivity index (χ2v) is 7.17. The molecule has 2 heterocycles. The maximum absolute atomic E-state index is 5.69. The van der Waals surface area contributed by atoms with Gasteiger partial charge in [-0.15, -0.1) is 0 Å². The molecule has 4 heteroatoms. The van der Waals surface area contributed by atoms with E-state index in [4.69, 9.17) is 4.74 Å². The number of nitrogens with zero attached hydrogens (tertiary/aromatic N) is 1. The molecular weight excluding hydrogens is 244 g/mol. The molecule has 0 saturated carbocycles. The number of hydrogen-bond acceptors (Lipinski definition) is 4.